The van der Waals surface area contributed by atoms with Crippen molar-refractivity contribution in [1.82, 2.24) is 15.3 Å². The summed E-state index contributed by atoms with van der Waals surface area (Å²) in [6, 6.07) is 13.9. The third-order valence-electron chi connectivity index (χ3n) is 4.03. The molecule has 0 spiro atoms. The summed E-state index contributed by atoms with van der Waals surface area (Å²) >= 11 is 4.95. The van der Waals surface area contributed by atoms with Gasteiger partial charge in [0.1, 0.15) is 23.0 Å². The molecule has 32 heavy (non-hydrogen) atoms. The van der Waals surface area contributed by atoms with Gasteiger partial charge in [-0.05, 0) is 62.0 Å². The van der Waals surface area contributed by atoms with Crippen LogP contribution in [0.3, 0.4) is 0 Å². The molecular weight excluding hydrogens is 430 g/mol. The van der Waals surface area contributed by atoms with E-state index in [-0.39, 0.29) is 11.1 Å². The average Bonchev–Trinajstić information content (AvgIpc) is 2.75. The Morgan fingerprint density at radius 3 is 2.59 bits per heavy atom. The van der Waals surface area contributed by atoms with Crippen LogP contribution in [0.1, 0.15) is 23.0 Å². The predicted octanol–water partition coefficient (Wildman–Crippen LogP) is 4.27. The molecule has 164 valence electrons. The highest BCUT2D eigenvalue weighted by molar-refractivity contribution is 7.80. The average molecular weight is 452 g/mol. The summed E-state index contributed by atoms with van der Waals surface area (Å²) in [5, 5.41) is 7.86. The van der Waals surface area contributed by atoms with Gasteiger partial charge in [-0.2, -0.15) is 0 Å². The molecule has 2 heterocycles. The van der Waals surface area contributed by atoms with Gasteiger partial charge in [-0.25, -0.2) is 9.78 Å². The van der Waals surface area contributed by atoms with Gasteiger partial charge < -0.3 is 25.4 Å². The van der Waals surface area contributed by atoms with Crippen molar-refractivity contribution in [2.45, 2.75) is 13.8 Å². The molecule has 0 saturated carbocycles. The summed E-state index contributed by atoms with van der Waals surface area (Å²) in [6.45, 7) is 4.02. The van der Waals surface area contributed by atoms with Gasteiger partial charge >= 0.3 is 6.09 Å². The number of ether oxygens (including phenoxy) is 2. The Bertz CT molecular complexity index is 1120. The monoisotopic (exact) mass is 451 g/mol. The van der Waals surface area contributed by atoms with Crippen LogP contribution in [-0.4, -0.2) is 33.7 Å². The van der Waals surface area contributed by atoms with Crippen LogP contribution in [0.4, 0.5) is 16.3 Å². The predicted molar refractivity (Wildman–Crippen MR) is 124 cm³/mol. The van der Waals surface area contributed by atoms with E-state index in [1.165, 1.54) is 6.20 Å². The number of thiocarbonyl (C=S) groups is 1. The number of pyridine rings is 2. The zero-order chi connectivity index (χ0) is 22.9. The van der Waals surface area contributed by atoms with Crippen LogP contribution in [-0.2, 0) is 4.74 Å². The SMILES string of the molecule is CCNC(=O)OC(=S)Nc1ccc(Oc2cccc(NC(=O)c3ncccc3C)c2)cn1. The number of amides is 2. The smallest absolute Gasteiger partial charge is 0.414 e. The Morgan fingerprint density at radius 2 is 1.88 bits per heavy atom. The minimum absolute atomic E-state index is 0.122. The number of carbonyl (C=O) groups is 2. The molecule has 0 atom stereocenters. The van der Waals surface area contributed by atoms with Crippen LogP contribution in [0.25, 0.3) is 0 Å². The lowest BCUT2D eigenvalue weighted by Gasteiger charge is -2.10. The molecule has 0 bridgehead atoms. The zero-order valence-electron chi connectivity index (χ0n) is 17.4. The van der Waals surface area contributed by atoms with Gasteiger partial charge in [0.15, 0.2) is 0 Å². The number of nitrogens with zero attached hydrogens (tertiary/aromatic N) is 2. The van der Waals surface area contributed by atoms with Crippen molar-refractivity contribution >= 4 is 40.9 Å². The molecule has 2 amide bonds. The molecule has 3 N–H and O–H groups in total. The standard InChI is InChI=1S/C22H21N5O4S/c1-3-23-21(29)31-22(32)27-18-10-9-17(13-25-18)30-16-8-4-7-15(12-16)26-20(28)19-14(2)6-5-11-24-19/h4-13H,3H2,1-2H3,(H,23,29)(H,26,28)(H,25,27,32). The summed E-state index contributed by atoms with van der Waals surface area (Å²) in [4.78, 5) is 32.1. The maximum Gasteiger partial charge on any atom is 0.414 e. The molecule has 3 aromatic rings. The first-order valence-corrected chi connectivity index (χ1v) is 10.1. The van der Waals surface area contributed by atoms with E-state index in [2.05, 4.69) is 25.9 Å². The number of benzene rings is 1. The van der Waals surface area contributed by atoms with E-state index >= 15 is 0 Å². The lowest BCUT2D eigenvalue weighted by atomic mass is 10.2. The van der Waals surface area contributed by atoms with E-state index < -0.39 is 6.09 Å². The Morgan fingerprint density at radius 1 is 1.03 bits per heavy atom. The van der Waals surface area contributed by atoms with Crippen LogP contribution < -0.4 is 20.7 Å². The van der Waals surface area contributed by atoms with Gasteiger partial charge in [0.2, 0.25) is 0 Å². The fraction of sp³-hybridized carbons (Fsp3) is 0.136. The molecule has 1 aromatic carbocycles. The number of aryl methyl sites for hydroxylation is 1. The number of anilines is 2. The Labute approximate surface area is 190 Å². The van der Waals surface area contributed by atoms with Gasteiger partial charge in [-0.3, -0.25) is 9.78 Å². The van der Waals surface area contributed by atoms with Gasteiger partial charge in [0, 0.05) is 24.5 Å². The van der Waals surface area contributed by atoms with Crippen molar-refractivity contribution in [2.24, 2.45) is 0 Å². The Kier molecular flexibility index (Phi) is 7.65. The minimum atomic E-state index is -0.643. The van der Waals surface area contributed by atoms with E-state index in [4.69, 9.17) is 21.7 Å². The van der Waals surface area contributed by atoms with Crippen LogP contribution in [0.2, 0.25) is 0 Å². The summed E-state index contributed by atoms with van der Waals surface area (Å²) in [6.07, 6.45) is 2.42. The van der Waals surface area contributed by atoms with Crippen LogP contribution in [0.5, 0.6) is 11.5 Å². The quantitative estimate of drug-likeness (QED) is 0.476. The van der Waals surface area contributed by atoms with Crippen LogP contribution in [0, 0.1) is 6.92 Å². The summed E-state index contributed by atoms with van der Waals surface area (Å²) < 4.78 is 10.7. The normalized spacial score (nSPS) is 10.1. The molecule has 0 aliphatic heterocycles. The molecule has 0 fully saturated rings. The number of carbonyl (C=O) groups excluding carboxylic acids is 2. The molecule has 0 unspecified atom stereocenters. The molecule has 10 heteroatoms. The second-order valence-electron chi connectivity index (χ2n) is 6.46. The molecule has 0 radical (unpaired) electrons. The van der Waals surface area contributed by atoms with Crippen LogP contribution in [0.15, 0.2) is 60.9 Å². The molecule has 0 aliphatic rings. The third-order valence-corrected chi connectivity index (χ3v) is 4.21. The largest absolute Gasteiger partial charge is 0.456 e. The van der Waals surface area contributed by atoms with Crippen molar-refractivity contribution in [3.8, 4) is 11.5 Å². The Hall–Kier alpha value is -4.05. The molecule has 3 rings (SSSR count). The number of alkyl carbamates (subject to hydrolysis) is 1. The summed E-state index contributed by atoms with van der Waals surface area (Å²) in [5.41, 5.74) is 1.71. The maximum atomic E-state index is 12.5. The first-order valence-electron chi connectivity index (χ1n) is 9.68. The highest BCUT2D eigenvalue weighted by atomic mass is 32.1. The first kappa shape index (κ1) is 22.6. The van der Waals surface area contributed by atoms with Crippen LogP contribution >= 0.6 is 12.2 Å². The van der Waals surface area contributed by atoms with Gasteiger partial charge in [0.05, 0.1) is 6.20 Å². The highest BCUT2D eigenvalue weighted by Gasteiger charge is 2.11. The topological polar surface area (TPSA) is 114 Å². The second-order valence-corrected chi connectivity index (χ2v) is 6.84. The molecule has 0 saturated heterocycles. The molecule has 9 nitrogen and oxygen atoms in total. The zero-order valence-corrected chi connectivity index (χ0v) is 18.2. The van der Waals surface area contributed by atoms with Crippen molar-refractivity contribution in [3.63, 3.8) is 0 Å². The minimum Gasteiger partial charge on any atom is -0.456 e. The lowest BCUT2D eigenvalue weighted by Crippen LogP contribution is -2.28. The fourth-order valence-corrected chi connectivity index (χ4v) is 2.78. The van der Waals surface area contributed by atoms with Crippen molar-refractivity contribution in [1.29, 1.82) is 0 Å². The number of hydrogen-bond acceptors (Lipinski definition) is 7. The van der Waals surface area contributed by atoms with Crippen molar-refractivity contribution in [2.75, 3.05) is 17.2 Å². The summed E-state index contributed by atoms with van der Waals surface area (Å²) in [5.74, 6) is 1.06. The first-order chi connectivity index (χ1) is 15.4. The molecular formula is C22H21N5O4S. The maximum absolute atomic E-state index is 12.5. The fourth-order valence-electron chi connectivity index (χ4n) is 2.60. The molecule has 0 aliphatic carbocycles. The van der Waals surface area contributed by atoms with E-state index in [0.717, 1.165) is 5.56 Å². The second kappa shape index (κ2) is 10.8. The van der Waals surface area contributed by atoms with Gasteiger partial charge in [-0.15, -0.1) is 0 Å². The summed E-state index contributed by atoms with van der Waals surface area (Å²) in [7, 11) is 0. The number of rotatable bonds is 6. The number of nitrogens with one attached hydrogen (secondary N) is 3. The van der Waals surface area contributed by atoms with E-state index in [9.17, 15) is 9.59 Å². The van der Waals surface area contributed by atoms with E-state index in [1.807, 2.05) is 13.0 Å². The lowest BCUT2D eigenvalue weighted by molar-refractivity contribution is 0.102. The van der Waals surface area contributed by atoms with Crippen molar-refractivity contribution in [3.05, 3.63) is 72.2 Å². The van der Waals surface area contributed by atoms with E-state index in [0.29, 0.717) is 35.2 Å². The number of hydrogen-bond donors (Lipinski definition) is 3. The third kappa shape index (κ3) is 6.47. The molecule has 2 aromatic heterocycles. The van der Waals surface area contributed by atoms with Gasteiger partial charge in [-0.1, -0.05) is 12.1 Å². The van der Waals surface area contributed by atoms with E-state index in [1.54, 1.807) is 55.6 Å². The highest BCUT2D eigenvalue weighted by Crippen LogP contribution is 2.24. The van der Waals surface area contributed by atoms with Crippen molar-refractivity contribution < 1.29 is 19.1 Å². The Balaban J connectivity index is 1.59. The van der Waals surface area contributed by atoms with Gasteiger partial charge in [0.25, 0.3) is 11.1 Å². The number of aromatic nitrogens is 2.